The number of ether oxygens (including phenoxy) is 2. The lowest BCUT2D eigenvalue weighted by molar-refractivity contribution is -0.159. The average Bonchev–Trinajstić information content (AvgIpc) is 2.77. The number of carbonyl (C=O) groups excluding carboxylic acids is 2. The maximum atomic E-state index is 13.0. The highest BCUT2D eigenvalue weighted by molar-refractivity contribution is 5.77. The van der Waals surface area contributed by atoms with Gasteiger partial charge in [0.05, 0.1) is 5.60 Å². The molecule has 3 rings (SSSR count). The first-order valence-electron chi connectivity index (χ1n) is 12.5. The summed E-state index contributed by atoms with van der Waals surface area (Å²) in [6.45, 7) is 10.9. The number of amides is 1. The van der Waals surface area contributed by atoms with Crippen LogP contribution in [0.3, 0.4) is 0 Å². The third-order valence-electron chi connectivity index (χ3n) is 8.08. The van der Waals surface area contributed by atoms with Crippen LogP contribution in [0.4, 0.5) is 0 Å². The summed E-state index contributed by atoms with van der Waals surface area (Å²) in [4.78, 5) is 26.5. The molecule has 1 aromatic carbocycles. The molecule has 0 unspecified atom stereocenters. The van der Waals surface area contributed by atoms with E-state index in [4.69, 9.17) is 9.47 Å². The van der Waals surface area contributed by atoms with Gasteiger partial charge in [-0.3, -0.25) is 9.59 Å². The van der Waals surface area contributed by atoms with Crippen LogP contribution in [0.1, 0.15) is 58.1 Å². The van der Waals surface area contributed by atoms with Crippen molar-refractivity contribution in [1.82, 2.24) is 4.90 Å². The van der Waals surface area contributed by atoms with E-state index in [0.717, 1.165) is 29.5 Å². The zero-order chi connectivity index (χ0) is 25.0. The Bertz CT molecular complexity index is 912. The van der Waals surface area contributed by atoms with E-state index in [1.807, 2.05) is 24.0 Å². The molecule has 6 nitrogen and oxygen atoms in total. The zero-order valence-corrected chi connectivity index (χ0v) is 21.5. The van der Waals surface area contributed by atoms with Crippen LogP contribution in [-0.4, -0.2) is 53.8 Å². The van der Waals surface area contributed by atoms with Crippen LogP contribution in [0, 0.1) is 30.6 Å². The van der Waals surface area contributed by atoms with Crippen LogP contribution in [0.2, 0.25) is 0 Å². The van der Waals surface area contributed by atoms with Crippen molar-refractivity contribution < 1.29 is 24.2 Å². The van der Waals surface area contributed by atoms with Crippen molar-refractivity contribution in [2.75, 3.05) is 20.3 Å². The lowest BCUT2D eigenvalue weighted by atomic mass is 9.57. The molecule has 6 atom stereocenters. The number of aryl methyl sites for hydroxylation is 1. The lowest BCUT2D eigenvalue weighted by Crippen LogP contribution is -2.56. The van der Waals surface area contributed by atoms with E-state index >= 15 is 0 Å². The van der Waals surface area contributed by atoms with Gasteiger partial charge in [0.2, 0.25) is 5.91 Å². The highest BCUT2D eigenvalue weighted by Gasteiger charge is 2.52. The van der Waals surface area contributed by atoms with Crippen molar-refractivity contribution in [1.29, 1.82) is 0 Å². The molecule has 0 spiro atoms. The van der Waals surface area contributed by atoms with Crippen LogP contribution in [0.15, 0.2) is 35.9 Å². The summed E-state index contributed by atoms with van der Waals surface area (Å²) in [6, 6.07) is 8.14. The number of rotatable bonds is 8. The van der Waals surface area contributed by atoms with Gasteiger partial charge >= 0.3 is 5.97 Å². The monoisotopic (exact) mass is 471 g/mol. The summed E-state index contributed by atoms with van der Waals surface area (Å²) in [6.07, 6.45) is 4.09. The number of nitrogens with zero attached hydrogens (tertiary/aromatic N) is 1. The number of methoxy groups -OCH3 is 1. The van der Waals surface area contributed by atoms with E-state index in [9.17, 15) is 14.7 Å². The van der Waals surface area contributed by atoms with Crippen molar-refractivity contribution >= 4 is 11.9 Å². The molecule has 2 aliphatic rings. The van der Waals surface area contributed by atoms with Crippen molar-refractivity contribution in [3.63, 3.8) is 0 Å². The average molecular weight is 472 g/mol. The van der Waals surface area contributed by atoms with Gasteiger partial charge in [0.1, 0.15) is 12.7 Å². The van der Waals surface area contributed by atoms with Gasteiger partial charge in [0, 0.05) is 39.5 Å². The molecule has 0 heterocycles. The van der Waals surface area contributed by atoms with Gasteiger partial charge < -0.3 is 19.5 Å². The first-order chi connectivity index (χ1) is 16.1. The standard InChI is InChI=1S/C28H41NO5/c1-18-9-7-8-10-23(18)16-29(27(31)17-33-6)15-20(3)24-12-11-21(4)28(32)14-26(34-22(5)30)19(2)13-25(24)28/h7-10,13,20-21,24-26,32H,11-12,14-17H2,1-6H3/t20-,21-,24+,25-,26-,28-/m1/s1. The Morgan fingerprint density at radius 3 is 2.59 bits per heavy atom. The van der Waals surface area contributed by atoms with Gasteiger partial charge in [0.15, 0.2) is 0 Å². The number of fused-ring (bicyclic) bond motifs is 1. The second-order valence-corrected chi connectivity index (χ2v) is 10.5. The number of hydrogen-bond acceptors (Lipinski definition) is 5. The van der Waals surface area contributed by atoms with E-state index in [2.05, 4.69) is 39.0 Å². The Balaban J connectivity index is 1.84. The fraction of sp³-hybridized carbons (Fsp3) is 0.643. The summed E-state index contributed by atoms with van der Waals surface area (Å²) in [5.74, 6) is 0.142. The van der Waals surface area contributed by atoms with Crippen LogP contribution in [0.5, 0.6) is 0 Å². The molecule has 34 heavy (non-hydrogen) atoms. The predicted octanol–water partition coefficient (Wildman–Crippen LogP) is 4.28. The number of carbonyl (C=O) groups is 2. The third kappa shape index (κ3) is 5.72. The molecule has 6 heteroatoms. The summed E-state index contributed by atoms with van der Waals surface area (Å²) >= 11 is 0. The Morgan fingerprint density at radius 1 is 1.24 bits per heavy atom. The van der Waals surface area contributed by atoms with E-state index < -0.39 is 5.60 Å². The number of hydrogen-bond donors (Lipinski definition) is 1. The third-order valence-corrected chi connectivity index (χ3v) is 8.08. The Hall–Kier alpha value is -2.18. The van der Waals surface area contributed by atoms with Gasteiger partial charge in [-0.1, -0.05) is 44.2 Å². The molecule has 2 aliphatic carbocycles. The normalized spacial score (nSPS) is 29.6. The number of aliphatic hydroxyl groups is 1. The molecule has 1 saturated carbocycles. The van der Waals surface area contributed by atoms with Crippen LogP contribution in [-0.2, 0) is 25.6 Å². The molecule has 0 bridgehead atoms. The van der Waals surface area contributed by atoms with Crippen LogP contribution < -0.4 is 0 Å². The van der Waals surface area contributed by atoms with Crippen molar-refractivity contribution in [3.05, 3.63) is 47.0 Å². The van der Waals surface area contributed by atoms with Gasteiger partial charge in [-0.15, -0.1) is 0 Å². The second kappa shape index (κ2) is 11.0. The minimum absolute atomic E-state index is 0.0256. The van der Waals surface area contributed by atoms with Gasteiger partial charge in [-0.05, 0) is 61.1 Å². The minimum atomic E-state index is -0.922. The molecule has 0 aromatic heterocycles. The SMILES string of the molecule is COCC(=O)N(Cc1ccccc1C)C[C@@H](C)[C@@H]1CC[C@@H](C)[C@]2(O)C[C@@H](OC(C)=O)C(C)=C[C@H]12. The molecule has 1 fully saturated rings. The van der Waals surface area contributed by atoms with Gasteiger partial charge in [0.25, 0.3) is 0 Å². The van der Waals surface area contributed by atoms with E-state index in [0.29, 0.717) is 19.5 Å². The van der Waals surface area contributed by atoms with Crippen LogP contribution in [0.25, 0.3) is 0 Å². The Kier molecular flexibility index (Phi) is 8.58. The van der Waals surface area contributed by atoms with Gasteiger partial charge in [-0.25, -0.2) is 0 Å². The fourth-order valence-electron chi connectivity index (χ4n) is 5.94. The molecule has 0 saturated heterocycles. The smallest absolute Gasteiger partial charge is 0.303 e. The predicted molar refractivity (Wildman–Crippen MR) is 132 cm³/mol. The Morgan fingerprint density at radius 2 is 1.94 bits per heavy atom. The van der Waals surface area contributed by atoms with E-state index in [1.54, 1.807) is 7.11 Å². The maximum Gasteiger partial charge on any atom is 0.303 e. The summed E-state index contributed by atoms with van der Waals surface area (Å²) in [5, 5.41) is 11.8. The molecule has 1 amide bonds. The fourth-order valence-corrected chi connectivity index (χ4v) is 5.94. The summed E-state index contributed by atoms with van der Waals surface area (Å²) in [5.41, 5.74) is 2.37. The molecule has 188 valence electrons. The zero-order valence-electron chi connectivity index (χ0n) is 21.5. The lowest BCUT2D eigenvalue weighted by Gasteiger charge is -2.53. The van der Waals surface area contributed by atoms with Crippen LogP contribution >= 0.6 is 0 Å². The molecule has 0 radical (unpaired) electrons. The van der Waals surface area contributed by atoms with E-state index in [-0.39, 0.29) is 48.3 Å². The molecule has 1 N–H and O–H groups in total. The maximum absolute atomic E-state index is 13.0. The molecular formula is C28H41NO5. The van der Waals surface area contributed by atoms with E-state index in [1.165, 1.54) is 6.92 Å². The first-order valence-corrected chi connectivity index (χ1v) is 12.5. The molecule has 0 aliphatic heterocycles. The number of esters is 1. The minimum Gasteiger partial charge on any atom is -0.458 e. The second-order valence-electron chi connectivity index (χ2n) is 10.5. The van der Waals surface area contributed by atoms with Crippen molar-refractivity contribution in [2.45, 2.75) is 72.1 Å². The Labute approximate surface area is 204 Å². The summed E-state index contributed by atoms with van der Waals surface area (Å²) < 4.78 is 10.7. The molecule has 1 aromatic rings. The van der Waals surface area contributed by atoms with Crippen molar-refractivity contribution in [2.24, 2.45) is 23.7 Å². The summed E-state index contributed by atoms with van der Waals surface area (Å²) in [7, 11) is 1.55. The molecular weight excluding hydrogens is 430 g/mol. The van der Waals surface area contributed by atoms with Crippen molar-refractivity contribution in [3.8, 4) is 0 Å². The number of benzene rings is 1. The highest BCUT2D eigenvalue weighted by atomic mass is 16.5. The quantitative estimate of drug-likeness (QED) is 0.452. The topological polar surface area (TPSA) is 76.1 Å². The largest absolute Gasteiger partial charge is 0.458 e. The highest BCUT2D eigenvalue weighted by Crippen LogP contribution is 2.51. The first kappa shape index (κ1) is 26.4. The van der Waals surface area contributed by atoms with Gasteiger partial charge in [-0.2, -0.15) is 0 Å².